The highest BCUT2D eigenvalue weighted by Gasteiger charge is 2.36. The van der Waals surface area contributed by atoms with Crippen LogP contribution in [0.3, 0.4) is 0 Å². The van der Waals surface area contributed by atoms with Gasteiger partial charge in [0.1, 0.15) is 13.2 Å². The molecule has 0 spiro atoms. The van der Waals surface area contributed by atoms with E-state index in [2.05, 4.69) is 0 Å². The number of fused-ring (bicyclic) bond motifs is 2. The molecular weight excluding hydrogens is 436 g/mol. The van der Waals surface area contributed by atoms with Gasteiger partial charge >= 0.3 is 18.3 Å². The minimum Gasteiger partial charge on any atom is -0.462 e. The van der Waals surface area contributed by atoms with Gasteiger partial charge in [-0.2, -0.15) is 26.3 Å². The van der Waals surface area contributed by atoms with Crippen molar-refractivity contribution in [3.8, 4) is 0 Å². The molecule has 0 atom stereocenters. The van der Waals surface area contributed by atoms with E-state index in [4.69, 9.17) is 9.47 Å². The van der Waals surface area contributed by atoms with E-state index in [0.29, 0.717) is 0 Å². The Kier molecular flexibility index (Phi) is 6.23. The average molecular weight is 451 g/mol. The van der Waals surface area contributed by atoms with Crippen LogP contribution in [0, 0.1) is 0 Å². The van der Waals surface area contributed by atoms with Crippen molar-refractivity contribution in [2.24, 2.45) is 0 Å². The lowest BCUT2D eigenvalue weighted by atomic mass is 10.1. The molecule has 2 aromatic rings. The number of hydrogen-bond acceptors (Lipinski definition) is 5. The molecule has 0 fully saturated rings. The van der Waals surface area contributed by atoms with E-state index in [1.807, 2.05) is 0 Å². The zero-order valence-electron chi connectivity index (χ0n) is 15.4. The van der Waals surface area contributed by atoms with Gasteiger partial charge in [-0.05, 0) is 36.4 Å². The van der Waals surface area contributed by atoms with Crippen LogP contribution in [0.1, 0.15) is 11.1 Å². The number of rotatable bonds is 5. The van der Waals surface area contributed by atoms with E-state index in [0.717, 1.165) is 36.0 Å². The molecule has 1 heterocycles. The van der Waals surface area contributed by atoms with Crippen molar-refractivity contribution in [1.29, 1.82) is 0 Å². The first-order valence-corrected chi connectivity index (χ1v) is 9.35. The number of carbonyl (C=O) groups is 1. The fraction of sp³-hybridized carbons (Fsp3) is 0.316. The highest BCUT2D eigenvalue weighted by molar-refractivity contribution is 7.99. The second kappa shape index (κ2) is 8.38. The lowest BCUT2D eigenvalue weighted by Crippen LogP contribution is -2.30. The summed E-state index contributed by atoms with van der Waals surface area (Å²) in [5.74, 6) is -0.698. The van der Waals surface area contributed by atoms with Crippen LogP contribution in [0.4, 0.5) is 37.7 Å². The Morgan fingerprint density at radius 2 is 1.40 bits per heavy atom. The molecule has 0 saturated heterocycles. The summed E-state index contributed by atoms with van der Waals surface area (Å²) in [5, 5.41) is 0. The molecular formula is C19H15F6NO3S. The fourth-order valence-corrected chi connectivity index (χ4v) is 4.00. The van der Waals surface area contributed by atoms with Crippen molar-refractivity contribution < 1.29 is 40.6 Å². The average Bonchev–Trinajstić information content (AvgIpc) is 2.65. The van der Waals surface area contributed by atoms with Gasteiger partial charge in [0, 0.05) is 16.9 Å². The largest absolute Gasteiger partial charge is 0.462 e. The Hall–Kier alpha value is -2.40. The van der Waals surface area contributed by atoms with Crippen LogP contribution in [0.2, 0.25) is 0 Å². The second-order valence-corrected chi connectivity index (χ2v) is 7.35. The SMILES string of the molecule is COCCOC(=O)CN1c2ccc(C(F)(F)F)cc2Sc2cc(C(F)(F)F)ccc21. The Bertz CT molecular complexity index is 881. The minimum atomic E-state index is -4.62. The number of esters is 1. The maximum Gasteiger partial charge on any atom is 0.416 e. The minimum absolute atomic E-state index is 0.0301. The van der Waals surface area contributed by atoms with Crippen molar-refractivity contribution in [3.63, 3.8) is 0 Å². The maximum atomic E-state index is 13.1. The molecule has 0 bridgehead atoms. The molecule has 30 heavy (non-hydrogen) atoms. The quantitative estimate of drug-likeness (QED) is 0.340. The molecule has 2 aromatic carbocycles. The summed E-state index contributed by atoms with van der Waals surface area (Å²) in [6.07, 6.45) is -9.23. The van der Waals surface area contributed by atoms with Crippen LogP contribution in [-0.4, -0.2) is 32.8 Å². The first kappa shape index (κ1) is 22.3. The zero-order valence-corrected chi connectivity index (χ0v) is 16.2. The molecule has 4 nitrogen and oxygen atoms in total. The fourth-order valence-electron chi connectivity index (χ4n) is 2.82. The van der Waals surface area contributed by atoms with Crippen LogP contribution < -0.4 is 4.90 Å². The first-order valence-electron chi connectivity index (χ1n) is 8.53. The van der Waals surface area contributed by atoms with Crippen molar-refractivity contribution in [2.75, 3.05) is 31.8 Å². The van der Waals surface area contributed by atoms with E-state index >= 15 is 0 Å². The molecule has 0 saturated carbocycles. The third-order valence-electron chi connectivity index (χ3n) is 4.21. The molecule has 0 amide bonds. The lowest BCUT2D eigenvalue weighted by molar-refractivity contribution is -0.143. The van der Waals surface area contributed by atoms with Gasteiger partial charge in [0.2, 0.25) is 0 Å². The number of anilines is 2. The van der Waals surface area contributed by atoms with Crippen LogP contribution in [0.25, 0.3) is 0 Å². The normalized spacial score (nSPS) is 13.6. The summed E-state index contributed by atoms with van der Waals surface area (Å²) in [7, 11) is 1.42. The van der Waals surface area contributed by atoms with Crippen LogP contribution in [0.5, 0.6) is 0 Å². The molecule has 0 unspecified atom stereocenters. The van der Waals surface area contributed by atoms with Crippen LogP contribution >= 0.6 is 11.8 Å². The first-order chi connectivity index (χ1) is 14.0. The van der Waals surface area contributed by atoms with E-state index in [9.17, 15) is 31.1 Å². The monoisotopic (exact) mass is 451 g/mol. The number of nitrogens with zero attached hydrogens (tertiary/aromatic N) is 1. The summed E-state index contributed by atoms with van der Waals surface area (Å²) in [5.41, 5.74) is -1.34. The predicted octanol–water partition coefficient (Wildman–Crippen LogP) is 5.52. The number of methoxy groups -OCH3 is 1. The van der Waals surface area contributed by atoms with Gasteiger partial charge in [0.15, 0.2) is 0 Å². The van der Waals surface area contributed by atoms with Crippen LogP contribution in [-0.2, 0) is 26.6 Å². The zero-order chi connectivity index (χ0) is 22.1. The van der Waals surface area contributed by atoms with Crippen LogP contribution in [0.15, 0.2) is 46.2 Å². The molecule has 3 rings (SSSR count). The lowest BCUT2D eigenvalue weighted by Gasteiger charge is -2.32. The summed E-state index contributed by atoms with van der Waals surface area (Å²) >= 11 is 0.782. The molecule has 0 N–H and O–H groups in total. The molecule has 0 aliphatic carbocycles. The van der Waals surface area contributed by atoms with Gasteiger partial charge in [-0.1, -0.05) is 11.8 Å². The molecule has 162 valence electrons. The Labute approximate surface area is 171 Å². The summed E-state index contributed by atoms with van der Waals surface area (Å²) < 4.78 is 88.4. The van der Waals surface area contributed by atoms with E-state index in [1.165, 1.54) is 24.1 Å². The number of benzene rings is 2. The third kappa shape index (κ3) is 4.84. The van der Waals surface area contributed by atoms with Gasteiger partial charge < -0.3 is 14.4 Å². The number of halogens is 6. The highest BCUT2D eigenvalue weighted by atomic mass is 32.2. The van der Waals surface area contributed by atoms with Gasteiger partial charge in [0.05, 0.1) is 29.1 Å². The summed E-state index contributed by atoms with van der Waals surface area (Å²) in [4.78, 5) is 13.7. The van der Waals surface area contributed by atoms with E-state index in [-0.39, 0.29) is 40.9 Å². The third-order valence-corrected chi connectivity index (χ3v) is 5.31. The number of ether oxygens (including phenoxy) is 2. The van der Waals surface area contributed by atoms with Crippen molar-refractivity contribution in [1.82, 2.24) is 0 Å². The molecule has 0 radical (unpaired) electrons. The maximum absolute atomic E-state index is 13.1. The standard InChI is InChI=1S/C19H15F6NO3S/c1-28-6-7-29-17(27)10-26-13-4-2-11(18(20,21)22)8-15(13)30-16-9-12(19(23,24)25)3-5-14(16)26/h2-5,8-9H,6-7,10H2,1H3. The molecule has 1 aliphatic heterocycles. The number of alkyl halides is 6. The smallest absolute Gasteiger partial charge is 0.416 e. The molecule has 1 aliphatic rings. The molecule has 0 aromatic heterocycles. The van der Waals surface area contributed by atoms with Crippen molar-refractivity contribution >= 4 is 29.1 Å². The van der Waals surface area contributed by atoms with Gasteiger partial charge in [-0.15, -0.1) is 0 Å². The Morgan fingerprint density at radius 1 is 0.900 bits per heavy atom. The second-order valence-electron chi connectivity index (χ2n) is 6.26. The van der Waals surface area contributed by atoms with Crippen molar-refractivity contribution in [2.45, 2.75) is 22.1 Å². The van der Waals surface area contributed by atoms with E-state index < -0.39 is 29.4 Å². The molecule has 11 heteroatoms. The highest BCUT2D eigenvalue weighted by Crippen LogP contribution is 2.50. The summed E-state index contributed by atoms with van der Waals surface area (Å²) in [6.45, 7) is -0.267. The van der Waals surface area contributed by atoms with Gasteiger partial charge in [-0.3, -0.25) is 4.79 Å². The van der Waals surface area contributed by atoms with Gasteiger partial charge in [0.25, 0.3) is 0 Å². The van der Waals surface area contributed by atoms with Crippen molar-refractivity contribution in [3.05, 3.63) is 47.5 Å². The topological polar surface area (TPSA) is 38.8 Å². The number of hydrogen-bond donors (Lipinski definition) is 0. The van der Waals surface area contributed by atoms with E-state index in [1.54, 1.807) is 0 Å². The number of carbonyl (C=O) groups excluding carboxylic acids is 1. The van der Waals surface area contributed by atoms with Gasteiger partial charge in [-0.25, -0.2) is 0 Å². The summed E-state index contributed by atoms with van der Waals surface area (Å²) in [6, 6.07) is 5.80. The Balaban J connectivity index is 2.01. The predicted molar refractivity (Wildman–Crippen MR) is 96.9 cm³/mol. The Morgan fingerprint density at radius 3 is 1.83 bits per heavy atom.